The molecule has 1 aliphatic heterocycles. The molecule has 1 atom stereocenters. The van der Waals surface area contributed by atoms with Crippen molar-refractivity contribution in [2.45, 2.75) is 45.3 Å². The van der Waals surface area contributed by atoms with Gasteiger partial charge in [0.2, 0.25) is 0 Å². The average molecular weight is 236 g/mol. The monoisotopic (exact) mass is 236 g/mol. The second-order valence-corrected chi connectivity index (χ2v) is 5.22. The van der Waals surface area contributed by atoms with E-state index in [9.17, 15) is 0 Å². The van der Waals surface area contributed by atoms with Gasteiger partial charge in [0, 0.05) is 38.1 Å². The standard InChI is InChI=1S/C13H24N4/c1-11(2)17(12-5-4-6-14-9-12)10-13-15-7-8-16(13)3/h7-8,11-12,14H,4-6,9-10H2,1-3H3/t12-/m0/s1. The molecule has 0 radical (unpaired) electrons. The number of aryl methyl sites for hydroxylation is 1. The Morgan fingerprint density at radius 2 is 2.41 bits per heavy atom. The van der Waals surface area contributed by atoms with Crippen molar-refractivity contribution >= 4 is 0 Å². The van der Waals surface area contributed by atoms with Crippen LogP contribution in [-0.4, -0.2) is 39.6 Å². The van der Waals surface area contributed by atoms with E-state index in [-0.39, 0.29) is 0 Å². The Kier molecular flexibility index (Phi) is 4.18. The number of hydrogen-bond acceptors (Lipinski definition) is 3. The van der Waals surface area contributed by atoms with Gasteiger partial charge in [-0.15, -0.1) is 0 Å². The minimum Gasteiger partial charge on any atom is -0.337 e. The maximum atomic E-state index is 4.43. The molecule has 0 aromatic carbocycles. The molecule has 0 unspecified atom stereocenters. The van der Waals surface area contributed by atoms with E-state index in [0.717, 1.165) is 18.9 Å². The molecule has 1 aromatic rings. The van der Waals surface area contributed by atoms with Crippen molar-refractivity contribution in [2.24, 2.45) is 7.05 Å². The zero-order valence-corrected chi connectivity index (χ0v) is 11.2. The Bertz CT molecular complexity index is 339. The summed E-state index contributed by atoms with van der Waals surface area (Å²) in [7, 11) is 2.07. The van der Waals surface area contributed by atoms with E-state index >= 15 is 0 Å². The first kappa shape index (κ1) is 12.6. The van der Waals surface area contributed by atoms with Crippen LogP contribution in [0.25, 0.3) is 0 Å². The van der Waals surface area contributed by atoms with Crippen molar-refractivity contribution < 1.29 is 0 Å². The van der Waals surface area contributed by atoms with E-state index in [0.29, 0.717) is 12.1 Å². The number of aromatic nitrogens is 2. The number of nitrogens with zero attached hydrogens (tertiary/aromatic N) is 3. The van der Waals surface area contributed by atoms with Crippen LogP contribution < -0.4 is 5.32 Å². The van der Waals surface area contributed by atoms with Crippen molar-refractivity contribution in [3.63, 3.8) is 0 Å². The van der Waals surface area contributed by atoms with Gasteiger partial charge in [0.25, 0.3) is 0 Å². The molecule has 1 aliphatic rings. The van der Waals surface area contributed by atoms with Gasteiger partial charge in [0.15, 0.2) is 0 Å². The fourth-order valence-electron chi connectivity index (χ4n) is 2.56. The fraction of sp³-hybridized carbons (Fsp3) is 0.769. The van der Waals surface area contributed by atoms with Gasteiger partial charge in [0.05, 0.1) is 6.54 Å². The van der Waals surface area contributed by atoms with Crippen molar-refractivity contribution in [1.82, 2.24) is 19.8 Å². The average Bonchev–Trinajstić information content (AvgIpc) is 2.72. The second kappa shape index (κ2) is 5.65. The smallest absolute Gasteiger partial charge is 0.122 e. The highest BCUT2D eigenvalue weighted by Crippen LogP contribution is 2.16. The molecule has 96 valence electrons. The highest BCUT2D eigenvalue weighted by molar-refractivity contribution is 4.93. The van der Waals surface area contributed by atoms with Gasteiger partial charge in [-0.25, -0.2) is 4.98 Å². The number of piperidine rings is 1. The molecule has 4 heteroatoms. The molecule has 17 heavy (non-hydrogen) atoms. The Morgan fingerprint density at radius 3 is 2.94 bits per heavy atom. The molecule has 1 N–H and O–H groups in total. The maximum absolute atomic E-state index is 4.43. The Morgan fingerprint density at radius 1 is 1.59 bits per heavy atom. The number of rotatable bonds is 4. The lowest BCUT2D eigenvalue weighted by Gasteiger charge is -2.37. The molecule has 0 amide bonds. The zero-order chi connectivity index (χ0) is 12.3. The third-order valence-corrected chi connectivity index (χ3v) is 3.65. The molecular formula is C13H24N4. The van der Waals surface area contributed by atoms with Gasteiger partial charge in [-0.3, -0.25) is 4.90 Å². The molecule has 1 fully saturated rings. The molecule has 1 saturated heterocycles. The summed E-state index contributed by atoms with van der Waals surface area (Å²) in [5.74, 6) is 1.16. The van der Waals surface area contributed by atoms with Crippen LogP contribution in [0.2, 0.25) is 0 Å². The summed E-state index contributed by atoms with van der Waals surface area (Å²) < 4.78 is 2.12. The molecule has 4 nitrogen and oxygen atoms in total. The third-order valence-electron chi connectivity index (χ3n) is 3.65. The van der Waals surface area contributed by atoms with E-state index in [1.165, 1.54) is 19.4 Å². The first-order chi connectivity index (χ1) is 8.18. The summed E-state index contributed by atoms with van der Waals surface area (Å²) in [6, 6.07) is 1.22. The lowest BCUT2D eigenvalue weighted by atomic mass is 10.0. The summed E-state index contributed by atoms with van der Waals surface area (Å²) in [5.41, 5.74) is 0. The van der Waals surface area contributed by atoms with Crippen LogP contribution in [0.4, 0.5) is 0 Å². The van der Waals surface area contributed by atoms with E-state index in [2.05, 4.69) is 40.7 Å². The van der Waals surface area contributed by atoms with E-state index in [1.54, 1.807) is 0 Å². The van der Waals surface area contributed by atoms with Gasteiger partial charge in [0.1, 0.15) is 5.82 Å². The Balaban J connectivity index is 2.04. The van der Waals surface area contributed by atoms with Crippen molar-refractivity contribution in [3.05, 3.63) is 18.2 Å². The van der Waals surface area contributed by atoms with Crippen LogP contribution in [0.15, 0.2) is 12.4 Å². The SMILES string of the molecule is CC(C)N(Cc1nccn1C)[C@H]1CCCNC1. The van der Waals surface area contributed by atoms with Crippen LogP contribution >= 0.6 is 0 Å². The molecule has 0 aliphatic carbocycles. The van der Waals surface area contributed by atoms with Gasteiger partial charge < -0.3 is 9.88 Å². The summed E-state index contributed by atoms with van der Waals surface area (Å²) >= 11 is 0. The number of hydrogen-bond donors (Lipinski definition) is 1. The van der Waals surface area contributed by atoms with Gasteiger partial charge in [-0.05, 0) is 33.2 Å². The fourth-order valence-corrected chi connectivity index (χ4v) is 2.56. The molecule has 0 saturated carbocycles. The summed E-state index contributed by atoms with van der Waals surface area (Å²) in [4.78, 5) is 7.00. The lowest BCUT2D eigenvalue weighted by molar-refractivity contribution is 0.116. The van der Waals surface area contributed by atoms with Gasteiger partial charge >= 0.3 is 0 Å². The molecule has 0 spiro atoms. The molecule has 1 aromatic heterocycles. The predicted octanol–water partition coefficient (Wildman–Crippen LogP) is 1.38. The van der Waals surface area contributed by atoms with Crippen molar-refractivity contribution in [1.29, 1.82) is 0 Å². The van der Waals surface area contributed by atoms with Crippen LogP contribution in [0, 0.1) is 0 Å². The Labute approximate surface area is 104 Å². The zero-order valence-electron chi connectivity index (χ0n) is 11.2. The first-order valence-corrected chi connectivity index (χ1v) is 6.61. The van der Waals surface area contributed by atoms with Crippen LogP contribution in [0.3, 0.4) is 0 Å². The van der Waals surface area contributed by atoms with Crippen molar-refractivity contribution in [3.8, 4) is 0 Å². The minimum atomic E-state index is 0.566. The maximum Gasteiger partial charge on any atom is 0.122 e. The molecule has 0 bridgehead atoms. The first-order valence-electron chi connectivity index (χ1n) is 6.61. The van der Waals surface area contributed by atoms with Gasteiger partial charge in [-0.1, -0.05) is 0 Å². The highest BCUT2D eigenvalue weighted by Gasteiger charge is 2.24. The Hall–Kier alpha value is -0.870. The normalized spacial score (nSPS) is 21.4. The highest BCUT2D eigenvalue weighted by atomic mass is 15.2. The lowest BCUT2D eigenvalue weighted by Crippen LogP contribution is -2.48. The van der Waals surface area contributed by atoms with Crippen LogP contribution in [0.1, 0.15) is 32.5 Å². The summed E-state index contributed by atoms with van der Waals surface area (Å²) in [6.45, 7) is 7.79. The number of nitrogens with one attached hydrogen (secondary N) is 1. The largest absolute Gasteiger partial charge is 0.337 e. The second-order valence-electron chi connectivity index (χ2n) is 5.22. The van der Waals surface area contributed by atoms with Crippen molar-refractivity contribution in [2.75, 3.05) is 13.1 Å². The summed E-state index contributed by atoms with van der Waals surface area (Å²) in [5, 5.41) is 3.50. The summed E-state index contributed by atoms with van der Waals surface area (Å²) in [6.07, 6.45) is 6.49. The van der Waals surface area contributed by atoms with E-state index in [4.69, 9.17) is 0 Å². The number of imidazole rings is 1. The quantitative estimate of drug-likeness (QED) is 0.857. The predicted molar refractivity (Wildman–Crippen MR) is 69.8 cm³/mol. The van der Waals surface area contributed by atoms with Crippen LogP contribution in [0.5, 0.6) is 0 Å². The van der Waals surface area contributed by atoms with E-state index < -0.39 is 0 Å². The molecular weight excluding hydrogens is 212 g/mol. The topological polar surface area (TPSA) is 33.1 Å². The van der Waals surface area contributed by atoms with Gasteiger partial charge in [-0.2, -0.15) is 0 Å². The van der Waals surface area contributed by atoms with Crippen LogP contribution in [-0.2, 0) is 13.6 Å². The third kappa shape index (κ3) is 3.07. The minimum absolute atomic E-state index is 0.566. The van der Waals surface area contributed by atoms with E-state index in [1.807, 2.05) is 12.4 Å². The molecule has 2 heterocycles. The molecule has 2 rings (SSSR count).